The molecule has 4 rings (SSSR count). The molecule has 1 N–H and O–H groups in total. The van der Waals surface area contributed by atoms with Gasteiger partial charge in [0, 0.05) is 12.5 Å². The fourth-order valence-electron chi connectivity index (χ4n) is 3.82. The van der Waals surface area contributed by atoms with Crippen LogP contribution in [-0.2, 0) is 6.18 Å². The van der Waals surface area contributed by atoms with Crippen LogP contribution in [0.15, 0.2) is 52.9 Å². The average Bonchev–Trinajstić information content (AvgIpc) is 3.12. The van der Waals surface area contributed by atoms with Crippen LogP contribution in [0.1, 0.15) is 41.9 Å². The van der Waals surface area contributed by atoms with Gasteiger partial charge in [-0.05, 0) is 49.7 Å². The molecule has 1 saturated heterocycles. The minimum atomic E-state index is -4.47. The van der Waals surface area contributed by atoms with Crippen LogP contribution in [0.2, 0.25) is 0 Å². The summed E-state index contributed by atoms with van der Waals surface area (Å²) in [4.78, 5) is 6.55. The Morgan fingerprint density at radius 3 is 2.46 bits per heavy atom. The molecule has 28 heavy (non-hydrogen) atoms. The van der Waals surface area contributed by atoms with E-state index >= 15 is 0 Å². The summed E-state index contributed by atoms with van der Waals surface area (Å²) < 4.78 is 45.4. The van der Waals surface area contributed by atoms with E-state index in [1.165, 1.54) is 18.2 Å². The molecule has 0 amide bonds. The SMILES string of the molecule is O[C@H](CN1CCC(c2nc3ccccc3o2)CC1)c1ccccc1C(F)(F)F. The molecule has 1 fully saturated rings. The maximum atomic E-state index is 13.2. The van der Waals surface area contributed by atoms with Crippen LogP contribution < -0.4 is 0 Å². The molecule has 0 saturated carbocycles. The molecule has 0 spiro atoms. The number of para-hydroxylation sites is 2. The zero-order valence-corrected chi connectivity index (χ0v) is 15.2. The molecule has 1 aromatic heterocycles. The highest BCUT2D eigenvalue weighted by molar-refractivity contribution is 5.72. The van der Waals surface area contributed by atoms with Gasteiger partial charge in [0.25, 0.3) is 0 Å². The van der Waals surface area contributed by atoms with E-state index in [-0.39, 0.29) is 18.0 Å². The molecule has 1 aliphatic rings. The molecule has 0 radical (unpaired) electrons. The number of hydrogen-bond donors (Lipinski definition) is 1. The number of benzene rings is 2. The molecule has 148 valence electrons. The van der Waals surface area contributed by atoms with Crippen molar-refractivity contribution < 1.29 is 22.7 Å². The largest absolute Gasteiger partial charge is 0.440 e. The zero-order valence-electron chi connectivity index (χ0n) is 15.2. The Labute approximate surface area is 160 Å². The lowest BCUT2D eigenvalue weighted by Gasteiger charge is -2.32. The van der Waals surface area contributed by atoms with Crippen LogP contribution in [-0.4, -0.2) is 34.6 Å². The van der Waals surface area contributed by atoms with Gasteiger partial charge in [-0.25, -0.2) is 4.98 Å². The van der Waals surface area contributed by atoms with Crippen LogP contribution >= 0.6 is 0 Å². The maximum absolute atomic E-state index is 13.2. The number of fused-ring (bicyclic) bond motifs is 1. The van der Waals surface area contributed by atoms with Crippen molar-refractivity contribution in [1.82, 2.24) is 9.88 Å². The Bertz CT molecular complexity index is 913. The first kappa shape index (κ1) is 19.0. The van der Waals surface area contributed by atoms with Crippen molar-refractivity contribution in [1.29, 1.82) is 0 Å². The first-order valence-electron chi connectivity index (χ1n) is 9.34. The number of hydrogen-bond acceptors (Lipinski definition) is 4. The van der Waals surface area contributed by atoms with Crippen LogP contribution in [0.25, 0.3) is 11.1 Å². The third-order valence-electron chi connectivity index (χ3n) is 5.30. The number of halogens is 3. The van der Waals surface area contributed by atoms with Crippen molar-refractivity contribution in [2.75, 3.05) is 19.6 Å². The number of aliphatic hydroxyl groups excluding tert-OH is 1. The number of β-amino-alcohol motifs (C(OH)–C–C–N with tert-alkyl or cyclic N) is 1. The van der Waals surface area contributed by atoms with E-state index < -0.39 is 17.8 Å². The van der Waals surface area contributed by atoms with Gasteiger partial charge >= 0.3 is 6.18 Å². The molecule has 7 heteroatoms. The van der Waals surface area contributed by atoms with Gasteiger partial charge in [-0.15, -0.1) is 0 Å². The van der Waals surface area contributed by atoms with Gasteiger partial charge in [-0.1, -0.05) is 30.3 Å². The topological polar surface area (TPSA) is 49.5 Å². The summed E-state index contributed by atoms with van der Waals surface area (Å²) in [6.45, 7) is 1.52. The first-order chi connectivity index (χ1) is 13.4. The molecule has 1 aliphatic heterocycles. The van der Waals surface area contributed by atoms with Crippen LogP contribution in [0, 0.1) is 0 Å². The Morgan fingerprint density at radius 2 is 1.75 bits per heavy atom. The summed E-state index contributed by atoms with van der Waals surface area (Å²) >= 11 is 0. The summed E-state index contributed by atoms with van der Waals surface area (Å²) in [6, 6.07) is 12.8. The van der Waals surface area contributed by atoms with E-state index in [9.17, 15) is 18.3 Å². The number of oxazole rings is 1. The van der Waals surface area contributed by atoms with E-state index in [1.807, 2.05) is 29.2 Å². The van der Waals surface area contributed by atoms with Gasteiger partial charge < -0.3 is 14.4 Å². The van der Waals surface area contributed by atoms with Crippen molar-refractivity contribution in [2.24, 2.45) is 0 Å². The van der Waals surface area contributed by atoms with Gasteiger partial charge in [0.2, 0.25) is 0 Å². The second-order valence-electron chi connectivity index (χ2n) is 7.20. The lowest BCUT2D eigenvalue weighted by Crippen LogP contribution is -2.36. The van der Waals surface area contributed by atoms with E-state index in [2.05, 4.69) is 4.98 Å². The fraction of sp³-hybridized carbons (Fsp3) is 0.381. The standard InChI is InChI=1S/C21H21F3N2O2/c22-21(23,24)16-6-2-1-5-15(16)18(27)13-26-11-9-14(10-12-26)20-25-17-7-3-4-8-19(17)28-20/h1-8,14,18,27H,9-13H2/t18-/m1/s1. The predicted molar refractivity (Wildman–Crippen MR) is 98.8 cm³/mol. The van der Waals surface area contributed by atoms with Crippen molar-refractivity contribution in [3.8, 4) is 0 Å². The minimum absolute atomic E-state index is 0.0731. The van der Waals surface area contributed by atoms with E-state index in [4.69, 9.17) is 4.42 Å². The molecule has 0 aliphatic carbocycles. The Hall–Kier alpha value is -2.38. The highest BCUT2D eigenvalue weighted by Gasteiger charge is 2.35. The van der Waals surface area contributed by atoms with E-state index in [1.54, 1.807) is 0 Å². The average molecular weight is 390 g/mol. The maximum Gasteiger partial charge on any atom is 0.416 e. The molecule has 1 atom stereocenters. The third kappa shape index (κ3) is 3.91. The van der Waals surface area contributed by atoms with Gasteiger partial charge in [-0.3, -0.25) is 0 Å². The lowest BCUT2D eigenvalue weighted by molar-refractivity contribution is -0.139. The highest BCUT2D eigenvalue weighted by atomic mass is 19.4. The number of aliphatic hydroxyl groups is 1. The summed E-state index contributed by atoms with van der Waals surface area (Å²) in [5.74, 6) is 0.895. The van der Waals surface area contributed by atoms with Crippen molar-refractivity contribution in [3.05, 3.63) is 65.5 Å². The molecule has 0 bridgehead atoms. The molecule has 3 aromatic rings. The van der Waals surface area contributed by atoms with Gasteiger partial charge in [-0.2, -0.15) is 13.2 Å². The smallest absolute Gasteiger partial charge is 0.416 e. The summed E-state index contributed by atoms with van der Waals surface area (Å²) in [5, 5.41) is 10.4. The van der Waals surface area contributed by atoms with Gasteiger partial charge in [0.05, 0.1) is 11.7 Å². The number of likely N-dealkylation sites (tertiary alicyclic amines) is 1. The zero-order chi connectivity index (χ0) is 19.7. The normalized spacial score (nSPS) is 17.9. The number of aromatic nitrogens is 1. The van der Waals surface area contributed by atoms with E-state index in [0.717, 1.165) is 30.0 Å². The Kier molecular flexibility index (Phi) is 5.12. The van der Waals surface area contributed by atoms with Gasteiger partial charge in [0.15, 0.2) is 11.5 Å². The number of rotatable bonds is 4. The third-order valence-corrected chi connectivity index (χ3v) is 5.30. The first-order valence-corrected chi connectivity index (χ1v) is 9.34. The predicted octanol–water partition coefficient (Wildman–Crippen LogP) is 4.76. The quantitative estimate of drug-likeness (QED) is 0.698. The van der Waals surface area contributed by atoms with Crippen molar-refractivity contribution in [2.45, 2.75) is 31.0 Å². The second-order valence-corrected chi connectivity index (χ2v) is 7.20. The second kappa shape index (κ2) is 7.56. The molecular formula is C21H21F3N2O2. The van der Waals surface area contributed by atoms with Crippen molar-refractivity contribution in [3.63, 3.8) is 0 Å². The van der Waals surface area contributed by atoms with Crippen LogP contribution in [0.5, 0.6) is 0 Å². The Morgan fingerprint density at radius 1 is 1.07 bits per heavy atom. The highest BCUT2D eigenvalue weighted by Crippen LogP contribution is 2.35. The van der Waals surface area contributed by atoms with Crippen LogP contribution in [0.4, 0.5) is 13.2 Å². The monoisotopic (exact) mass is 390 g/mol. The molecule has 4 nitrogen and oxygen atoms in total. The summed E-state index contributed by atoms with van der Waals surface area (Å²) in [6.07, 6.45) is -4.07. The minimum Gasteiger partial charge on any atom is -0.440 e. The number of piperidine rings is 1. The fourth-order valence-corrected chi connectivity index (χ4v) is 3.82. The molecule has 2 heterocycles. The summed E-state index contributed by atoms with van der Waals surface area (Å²) in [7, 11) is 0. The summed E-state index contributed by atoms with van der Waals surface area (Å²) in [5.41, 5.74) is 0.748. The number of alkyl halides is 3. The molecule has 0 unspecified atom stereocenters. The Balaban J connectivity index is 1.39. The van der Waals surface area contributed by atoms with E-state index in [0.29, 0.717) is 19.0 Å². The van der Waals surface area contributed by atoms with Crippen LogP contribution in [0.3, 0.4) is 0 Å². The lowest BCUT2D eigenvalue weighted by atomic mass is 9.95. The molecular weight excluding hydrogens is 369 g/mol. The number of nitrogens with zero attached hydrogens (tertiary/aromatic N) is 2. The molecule has 2 aromatic carbocycles. The van der Waals surface area contributed by atoms with Gasteiger partial charge in [0.1, 0.15) is 5.52 Å². The van der Waals surface area contributed by atoms with Crippen molar-refractivity contribution >= 4 is 11.1 Å².